The van der Waals surface area contributed by atoms with E-state index in [9.17, 15) is 5.26 Å². The van der Waals surface area contributed by atoms with Gasteiger partial charge in [-0.05, 0) is 96.7 Å². The fourth-order valence-electron chi connectivity index (χ4n) is 8.03. The van der Waals surface area contributed by atoms with E-state index < -0.39 is 0 Å². The van der Waals surface area contributed by atoms with E-state index in [1.807, 2.05) is 6.07 Å². The van der Waals surface area contributed by atoms with Crippen molar-refractivity contribution < 1.29 is 0 Å². The summed E-state index contributed by atoms with van der Waals surface area (Å²) in [5, 5.41) is 20.5. The SMILES string of the molecule is N#Cc1cc2ccc(-c3cccc(-c4c5ccccc5c(-c5cccc6ccccc56)c5ccccc45)c3)cc2n2c3c(nc12)=CCCC=3. The molecular formula is C46H29N3. The van der Waals surface area contributed by atoms with Crippen LogP contribution in [0.25, 0.3) is 94.4 Å². The molecule has 1 aliphatic carbocycles. The Balaban J connectivity index is 1.22. The monoisotopic (exact) mass is 623 g/mol. The van der Waals surface area contributed by atoms with Gasteiger partial charge in [0.1, 0.15) is 6.07 Å². The molecule has 0 radical (unpaired) electrons. The zero-order valence-electron chi connectivity index (χ0n) is 26.7. The van der Waals surface area contributed by atoms with Crippen LogP contribution in [0.1, 0.15) is 18.4 Å². The lowest BCUT2D eigenvalue weighted by Gasteiger charge is -2.19. The molecule has 2 heterocycles. The van der Waals surface area contributed by atoms with E-state index >= 15 is 0 Å². The van der Waals surface area contributed by atoms with Crippen LogP contribution in [0.4, 0.5) is 0 Å². The van der Waals surface area contributed by atoms with Crippen molar-refractivity contribution in [3.05, 3.63) is 156 Å². The lowest BCUT2D eigenvalue weighted by atomic mass is 9.84. The molecule has 0 unspecified atom stereocenters. The van der Waals surface area contributed by atoms with Crippen molar-refractivity contribution in [2.75, 3.05) is 0 Å². The van der Waals surface area contributed by atoms with Gasteiger partial charge in [-0.3, -0.25) is 4.40 Å². The van der Waals surface area contributed by atoms with Crippen molar-refractivity contribution in [2.45, 2.75) is 12.8 Å². The van der Waals surface area contributed by atoms with E-state index in [0.29, 0.717) is 5.56 Å². The normalized spacial score (nSPS) is 12.6. The second kappa shape index (κ2) is 10.8. The van der Waals surface area contributed by atoms with Gasteiger partial charge in [-0.2, -0.15) is 5.26 Å². The Morgan fingerprint density at radius 1 is 0.531 bits per heavy atom. The van der Waals surface area contributed by atoms with Crippen LogP contribution in [0.5, 0.6) is 0 Å². The number of pyridine rings is 1. The first kappa shape index (κ1) is 27.6. The second-order valence-corrected chi connectivity index (χ2v) is 12.9. The average molecular weight is 624 g/mol. The van der Waals surface area contributed by atoms with Crippen LogP contribution in [0, 0.1) is 11.3 Å². The molecule has 3 nitrogen and oxygen atoms in total. The molecule has 0 amide bonds. The molecule has 9 aromatic rings. The van der Waals surface area contributed by atoms with Crippen molar-refractivity contribution in [1.29, 1.82) is 5.26 Å². The van der Waals surface area contributed by atoms with Gasteiger partial charge in [-0.25, -0.2) is 4.98 Å². The predicted molar refractivity (Wildman–Crippen MR) is 204 cm³/mol. The first-order valence-electron chi connectivity index (χ1n) is 16.8. The summed E-state index contributed by atoms with van der Waals surface area (Å²) in [5.74, 6) is 0. The number of nitrogens with zero attached hydrogens (tertiary/aromatic N) is 3. The lowest BCUT2D eigenvalue weighted by molar-refractivity contribution is 1.07. The summed E-state index contributed by atoms with van der Waals surface area (Å²) < 4.78 is 2.18. The summed E-state index contributed by atoms with van der Waals surface area (Å²) in [5.41, 5.74) is 9.62. The summed E-state index contributed by atoms with van der Waals surface area (Å²) in [6.07, 6.45) is 6.38. The molecule has 0 saturated heterocycles. The van der Waals surface area contributed by atoms with Gasteiger partial charge in [-0.1, -0.05) is 133 Å². The van der Waals surface area contributed by atoms with Crippen molar-refractivity contribution in [3.63, 3.8) is 0 Å². The molecule has 0 spiro atoms. The molecule has 0 saturated carbocycles. The third-order valence-corrected chi connectivity index (χ3v) is 10.2. The molecular weight excluding hydrogens is 595 g/mol. The number of rotatable bonds is 3. The highest BCUT2D eigenvalue weighted by molar-refractivity contribution is 6.23. The summed E-state index contributed by atoms with van der Waals surface area (Å²) in [7, 11) is 0. The van der Waals surface area contributed by atoms with Gasteiger partial charge in [0, 0.05) is 5.39 Å². The molecule has 3 heteroatoms. The number of fused-ring (bicyclic) bond motifs is 8. The first-order chi connectivity index (χ1) is 24.3. The van der Waals surface area contributed by atoms with Crippen LogP contribution in [-0.4, -0.2) is 9.38 Å². The van der Waals surface area contributed by atoms with Crippen LogP contribution in [0.15, 0.2) is 140 Å². The van der Waals surface area contributed by atoms with Crippen LogP contribution < -0.4 is 10.7 Å². The Bertz CT molecular complexity index is 2950. The molecule has 49 heavy (non-hydrogen) atoms. The second-order valence-electron chi connectivity index (χ2n) is 12.9. The van der Waals surface area contributed by atoms with E-state index in [2.05, 4.69) is 156 Å². The van der Waals surface area contributed by atoms with Crippen LogP contribution in [0.2, 0.25) is 0 Å². The molecule has 7 aromatic carbocycles. The van der Waals surface area contributed by atoms with Crippen LogP contribution in [-0.2, 0) is 0 Å². The van der Waals surface area contributed by atoms with Gasteiger partial charge >= 0.3 is 0 Å². The molecule has 0 bridgehead atoms. The maximum Gasteiger partial charge on any atom is 0.156 e. The standard InChI is InChI=1S/C46H29N3/c47-28-34-26-32-24-23-31(27-43(32)49-42-22-8-7-21-41(42)48-46(34)49)30-13-9-14-33(25-30)44-37-16-3-5-18-39(37)45(40-19-6-4-17-38(40)44)36-20-10-12-29-11-1-2-15-35(29)36/h1-6,9-27H,7-8H2. The molecule has 0 fully saturated rings. The minimum Gasteiger partial charge on any atom is -0.291 e. The van der Waals surface area contributed by atoms with Crippen molar-refractivity contribution in [3.8, 4) is 39.4 Å². The minimum atomic E-state index is 0.601. The van der Waals surface area contributed by atoms with E-state index in [4.69, 9.17) is 4.98 Å². The van der Waals surface area contributed by atoms with E-state index in [-0.39, 0.29) is 0 Å². The number of benzene rings is 7. The fourth-order valence-corrected chi connectivity index (χ4v) is 8.03. The maximum absolute atomic E-state index is 9.98. The van der Waals surface area contributed by atoms with Gasteiger partial charge in [0.2, 0.25) is 0 Å². The Morgan fingerprint density at radius 2 is 1.16 bits per heavy atom. The van der Waals surface area contributed by atoms with E-state index in [0.717, 1.165) is 51.2 Å². The third kappa shape index (κ3) is 4.18. The summed E-state index contributed by atoms with van der Waals surface area (Å²) in [6.45, 7) is 0. The minimum absolute atomic E-state index is 0.601. The molecule has 0 atom stereocenters. The highest BCUT2D eigenvalue weighted by Crippen LogP contribution is 2.45. The Hall–Kier alpha value is -6.50. The molecule has 0 aliphatic heterocycles. The fraction of sp³-hybridized carbons (Fsp3) is 0.0435. The summed E-state index contributed by atoms with van der Waals surface area (Å²) in [6, 6.07) is 52.9. The Morgan fingerprint density at radius 3 is 1.94 bits per heavy atom. The van der Waals surface area contributed by atoms with Crippen molar-refractivity contribution in [2.24, 2.45) is 0 Å². The molecule has 0 N–H and O–H groups in total. The smallest absolute Gasteiger partial charge is 0.156 e. The Kier molecular flexibility index (Phi) is 6.07. The first-order valence-corrected chi connectivity index (χ1v) is 16.8. The maximum atomic E-state index is 9.98. The van der Waals surface area contributed by atoms with Crippen molar-refractivity contribution >= 4 is 61.0 Å². The largest absolute Gasteiger partial charge is 0.291 e. The van der Waals surface area contributed by atoms with Gasteiger partial charge in [-0.15, -0.1) is 0 Å². The molecule has 228 valence electrons. The number of hydrogen-bond donors (Lipinski definition) is 0. The molecule has 1 aliphatic rings. The third-order valence-electron chi connectivity index (χ3n) is 10.2. The number of nitriles is 1. The summed E-state index contributed by atoms with van der Waals surface area (Å²) in [4.78, 5) is 4.89. The summed E-state index contributed by atoms with van der Waals surface area (Å²) >= 11 is 0. The Labute approximate surface area is 282 Å². The zero-order valence-corrected chi connectivity index (χ0v) is 26.7. The number of imidazole rings is 1. The van der Waals surface area contributed by atoms with Crippen molar-refractivity contribution in [1.82, 2.24) is 9.38 Å². The molecule has 10 rings (SSSR count). The van der Waals surface area contributed by atoms with Gasteiger partial charge in [0.05, 0.1) is 21.8 Å². The highest BCUT2D eigenvalue weighted by atomic mass is 15.0. The predicted octanol–water partition coefficient (Wildman–Crippen LogP) is 10.2. The molecule has 2 aromatic heterocycles. The highest BCUT2D eigenvalue weighted by Gasteiger charge is 2.19. The number of aromatic nitrogens is 2. The van der Waals surface area contributed by atoms with Gasteiger partial charge in [0.15, 0.2) is 5.65 Å². The average Bonchev–Trinajstić information content (AvgIpc) is 3.56. The quantitative estimate of drug-likeness (QED) is 0.184. The van der Waals surface area contributed by atoms with Gasteiger partial charge in [0.25, 0.3) is 0 Å². The lowest BCUT2D eigenvalue weighted by Crippen LogP contribution is -2.29. The van der Waals surface area contributed by atoms with E-state index in [1.165, 1.54) is 54.6 Å². The van der Waals surface area contributed by atoms with E-state index in [1.54, 1.807) is 0 Å². The topological polar surface area (TPSA) is 41.1 Å². The van der Waals surface area contributed by atoms with Crippen LogP contribution in [0.3, 0.4) is 0 Å². The van der Waals surface area contributed by atoms with Crippen LogP contribution >= 0.6 is 0 Å². The zero-order chi connectivity index (χ0) is 32.5. The number of hydrogen-bond acceptors (Lipinski definition) is 2. The van der Waals surface area contributed by atoms with Gasteiger partial charge < -0.3 is 0 Å².